The molecule has 0 saturated carbocycles. The number of H-pyrrole nitrogens is 1. The fraction of sp³-hybridized carbons (Fsp3) is 0. The second-order valence-corrected chi connectivity index (χ2v) is 4.41. The van der Waals surface area contributed by atoms with Gasteiger partial charge in [-0.15, -0.1) is 0 Å². The fourth-order valence-corrected chi connectivity index (χ4v) is 2.05. The monoisotopic (exact) mass is 272 g/mol. The summed E-state index contributed by atoms with van der Waals surface area (Å²) in [4.78, 5) is 16.2. The molecule has 1 aromatic carbocycles. The lowest BCUT2D eigenvalue weighted by Crippen LogP contribution is -2.11. The molecule has 1 amide bonds. The third kappa shape index (κ3) is 2.28. The Morgan fingerprint density at radius 2 is 2.26 bits per heavy atom. The van der Waals surface area contributed by atoms with Crippen LogP contribution in [-0.4, -0.2) is 21.1 Å². The molecule has 19 heavy (non-hydrogen) atoms. The summed E-state index contributed by atoms with van der Waals surface area (Å²) in [5.74, 6) is -0.261. The molecule has 0 radical (unpaired) electrons. The number of carbonyl (C=O) groups excluding carboxylic acids is 1. The molecule has 2 heterocycles. The number of aromatic nitrogens is 3. The molecular weight excluding hydrogens is 264 g/mol. The van der Waals surface area contributed by atoms with Gasteiger partial charge in [0.2, 0.25) is 0 Å². The van der Waals surface area contributed by atoms with Crippen molar-refractivity contribution in [3.05, 3.63) is 53.4 Å². The lowest BCUT2D eigenvalue weighted by atomic mass is 10.2. The van der Waals surface area contributed by atoms with Crippen molar-refractivity contribution < 1.29 is 4.79 Å². The molecule has 0 aliphatic carbocycles. The van der Waals surface area contributed by atoms with E-state index in [1.165, 1.54) is 12.4 Å². The highest BCUT2D eigenvalue weighted by atomic mass is 35.5. The van der Waals surface area contributed by atoms with Crippen LogP contribution in [0.1, 0.15) is 10.4 Å². The maximum Gasteiger partial charge on any atom is 0.258 e. The number of benzene rings is 1. The molecule has 94 valence electrons. The van der Waals surface area contributed by atoms with Crippen molar-refractivity contribution in [3.63, 3.8) is 0 Å². The zero-order valence-electron chi connectivity index (χ0n) is 9.72. The number of anilines is 1. The highest BCUT2D eigenvalue weighted by Gasteiger charge is 2.10. The van der Waals surface area contributed by atoms with Crippen LogP contribution < -0.4 is 5.32 Å². The van der Waals surface area contributed by atoms with E-state index in [2.05, 4.69) is 20.5 Å². The number of halogens is 1. The zero-order valence-corrected chi connectivity index (χ0v) is 10.5. The van der Waals surface area contributed by atoms with Crippen LogP contribution >= 0.6 is 11.6 Å². The average molecular weight is 273 g/mol. The Hall–Kier alpha value is -2.40. The van der Waals surface area contributed by atoms with Gasteiger partial charge in [-0.05, 0) is 18.2 Å². The molecular formula is C13H9ClN4O. The largest absolute Gasteiger partial charge is 0.320 e. The molecule has 2 N–H and O–H groups in total. The van der Waals surface area contributed by atoms with Gasteiger partial charge in [-0.2, -0.15) is 5.10 Å². The average Bonchev–Trinajstić information content (AvgIpc) is 2.92. The Bertz CT molecular complexity index is 739. The summed E-state index contributed by atoms with van der Waals surface area (Å²) in [6.45, 7) is 0. The molecule has 0 atom stereocenters. The summed E-state index contributed by atoms with van der Waals surface area (Å²) in [5, 5.41) is 10.5. The van der Waals surface area contributed by atoms with E-state index in [1.54, 1.807) is 18.3 Å². The van der Waals surface area contributed by atoms with E-state index in [1.807, 2.05) is 12.1 Å². The lowest BCUT2D eigenvalue weighted by molar-refractivity contribution is 0.102. The predicted molar refractivity (Wildman–Crippen MR) is 73.3 cm³/mol. The van der Waals surface area contributed by atoms with Crippen molar-refractivity contribution in [2.45, 2.75) is 0 Å². The molecule has 0 aliphatic heterocycles. The third-order valence-corrected chi connectivity index (χ3v) is 2.90. The van der Waals surface area contributed by atoms with Crippen LogP contribution in [-0.2, 0) is 0 Å². The van der Waals surface area contributed by atoms with Gasteiger partial charge in [-0.25, -0.2) is 0 Å². The topological polar surface area (TPSA) is 70.7 Å². The minimum Gasteiger partial charge on any atom is -0.320 e. The van der Waals surface area contributed by atoms with Crippen LogP contribution in [0.2, 0.25) is 5.02 Å². The van der Waals surface area contributed by atoms with Crippen molar-refractivity contribution >= 4 is 34.1 Å². The molecule has 0 unspecified atom stereocenters. The molecule has 0 saturated heterocycles. The first-order valence-corrected chi connectivity index (χ1v) is 5.96. The van der Waals surface area contributed by atoms with Gasteiger partial charge in [-0.1, -0.05) is 17.7 Å². The third-order valence-electron chi connectivity index (χ3n) is 2.68. The summed E-state index contributed by atoms with van der Waals surface area (Å²) in [6, 6.07) is 7.19. The van der Waals surface area contributed by atoms with E-state index in [9.17, 15) is 4.79 Å². The van der Waals surface area contributed by atoms with E-state index in [-0.39, 0.29) is 5.91 Å². The molecule has 5 nitrogen and oxygen atoms in total. The Morgan fingerprint density at radius 1 is 1.37 bits per heavy atom. The molecule has 0 spiro atoms. The second kappa shape index (κ2) is 4.70. The standard InChI is InChI=1S/C13H9ClN4O/c14-10-4-8-2-1-3-15-12(8)11(5-10)18-13(19)9-6-16-17-7-9/h1-7H,(H,16,17)(H,18,19). The highest BCUT2D eigenvalue weighted by molar-refractivity contribution is 6.32. The van der Waals surface area contributed by atoms with Crippen LogP contribution in [0.4, 0.5) is 5.69 Å². The summed E-state index contributed by atoms with van der Waals surface area (Å²) >= 11 is 6.03. The summed E-state index contributed by atoms with van der Waals surface area (Å²) in [5.41, 5.74) is 1.72. The van der Waals surface area contributed by atoms with E-state index in [0.717, 1.165) is 5.39 Å². The van der Waals surface area contributed by atoms with E-state index in [4.69, 9.17) is 11.6 Å². The first-order valence-electron chi connectivity index (χ1n) is 5.58. The van der Waals surface area contributed by atoms with Gasteiger partial charge in [0.25, 0.3) is 5.91 Å². The van der Waals surface area contributed by atoms with Gasteiger partial charge in [-0.3, -0.25) is 14.9 Å². The van der Waals surface area contributed by atoms with Gasteiger partial charge in [0, 0.05) is 22.8 Å². The molecule has 6 heteroatoms. The number of hydrogen-bond acceptors (Lipinski definition) is 3. The van der Waals surface area contributed by atoms with Crippen LogP contribution in [0.3, 0.4) is 0 Å². The maximum absolute atomic E-state index is 12.0. The predicted octanol–water partition coefficient (Wildman–Crippen LogP) is 2.86. The van der Waals surface area contributed by atoms with Crippen LogP contribution in [0.25, 0.3) is 10.9 Å². The fourth-order valence-electron chi connectivity index (χ4n) is 1.82. The number of aromatic amines is 1. The van der Waals surface area contributed by atoms with Gasteiger partial charge in [0.05, 0.1) is 23.0 Å². The van der Waals surface area contributed by atoms with Gasteiger partial charge >= 0.3 is 0 Å². The number of rotatable bonds is 2. The number of fused-ring (bicyclic) bond motifs is 1. The SMILES string of the molecule is O=C(Nc1cc(Cl)cc2cccnc12)c1cn[nH]c1. The molecule has 3 aromatic rings. The van der Waals surface area contributed by atoms with Crippen molar-refractivity contribution in [2.75, 3.05) is 5.32 Å². The molecule has 3 rings (SSSR count). The van der Waals surface area contributed by atoms with E-state index in [0.29, 0.717) is 21.8 Å². The minimum atomic E-state index is -0.261. The van der Waals surface area contributed by atoms with E-state index < -0.39 is 0 Å². The Balaban J connectivity index is 2.03. The maximum atomic E-state index is 12.0. The molecule has 0 bridgehead atoms. The van der Waals surface area contributed by atoms with Crippen molar-refractivity contribution in [1.82, 2.24) is 15.2 Å². The van der Waals surface area contributed by atoms with Crippen LogP contribution in [0.5, 0.6) is 0 Å². The smallest absolute Gasteiger partial charge is 0.258 e. The zero-order chi connectivity index (χ0) is 13.2. The first kappa shape index (κ1) is 11.7. The number of carbonyl (C=O) groups is 1. The normalized spacial score (nSPS) is 10.6. The van der Waals surface area contributed by atoms with Crippen LogP contribution in [0, 0.1) is 0 Å². The van der Waals surface area contributed by atoms with Crippen molar-refractivity contribution in [2.24, 2.45) is 0 Å². The highest BCUT2D eigenvalue weighted by Crippen LogP contribution is 2.26. The summed E-state index contributed by atoms with van der Waals surface area (Å²) in [6.07, 6.45) is 4.65. The Kier molecular flexibility index (Phi) is 2.89. The second-order valence-electron chi connectivity index (χ2n) is 3.97. The number of nitrogens with one attached hydrogen (secondary N) is 2. The molecule has 2 aromatic heterocycles. The number of pyridine rings is 1. The van der Waals surface area contributed by atoms with Crippen LogP contribution in [0.15, 0.2) is 42.9 Å². The van der Waals surface area contributed by atoms with Gasteiger partial charge in [0.1, 0.15) is 0 Å². The van der Waals surface area contributed by atoms with E-state index >= 15 is 0 Å². The number of nitrogens with zero attached hydrogens (tertiary/aromatic N) is 2. The Morgan fingerprint density at radius 3 is 3.05 bits per heavy atom. The van der Waals surface area contributed by atoms with Gasteiger partial charge in [0.15, 0.2) is 0 Å². The quantitative estimate of drug-likeness (QED) is 0.753. The number of amides is 1. The summed E-state index contributed by atoms with van der Waals surface area (Å²) in [7, 11) is 0. The lowest BCUT2D eigenvalue weighted by Gasteiger charge is -2.07. The van der Waals surface area contributed by atoms with Crippen molar-refractivity contribution in [1.29, 1.82) is 0 Å². The van der Waals surface area contributed by atoms with Gasteiger partial charge < -0.3 is 5.32 Å². The molecule has 0 aliphatic rings. The number of hydrogen-bond donors (Lipinski definition) is 2. The minimum absolute atomic E-state index is 0.261. The first-order chi connectivity index (χ1) is 9.24. The summed E-state index contributed by atoms with van der Waals surface area (Å²) < 4.78 is 0. The Labute approximate surface area is 113 Å². The van der Waals surface area contributed by atoms with Crippen molar-refractivity contribution in [3.8, 4) is 0 Å². The molecule has 0 fully saturated rings.